The lowest BCUT2D eigenvalue weighted by Gasteiger charge is -2.27. The van der Waals surface area contributed by atoms with Gasteiger partial charge in [-0.2, -0.15) is 11.8 Å². The normalized spacial score (nSPS) is 17.9. The Labute approximate surface area is 143 Å². The summed E-state index contributed by atoms with van der Waals surface area (Å²) in [5.41, 5.74) is 1.10. The first-order chi connectivity index (χ1) is 10.2. The number of nitrogens with one attached hydrogen (secondary N) is 1. The quantitative estimate of drug-likeness (QED) is 0.706. The Morgan fingerprint density at radius 1 is 1.24 bits per heavy atom. The van der Waals surface area contributed by atoms with Crippen molar-refractivity contribution in [1.82, 2.24) is 5.32 Å². The molecule has 1 N–H and O–H groups in total. The highest BCUT2D eigenvalue weighted by Crippen LogP contribution is 2.30. The standard InChI is InChI=1S/C17H25Cl2NS/c1-2-8-20-14(11-13-6-9-21-10-7-13)12-15-16(18)4-3-5-17(15)19/h3-5,13-14,20H,2,6-12H2,1H3. The van der Waals surface area contributed by atoms with Gasteiger partial charge in [0.05, 0.1) is 0 Å². The van der Waals surface area contributed by atoms with Crippen LogP contribution in [0.2, 0.25) is 10.0 Å². The van der Waals surface area contributed by atoms with Gasteiger partial charge in [0.25, 0.3) is 0 Å². The molecule has 4 heteroatoms. The molecule has 0 aromatic heterocycles. The van der Waals surface area contributed by atoms with E-state index in [0.717, 1.165) is 40.9 Å². The van der Waals surface area contributed by atoms with Crippen LogP contribution in [0.4, 0.5) is 0 Å². The average molecular weight is 346 g/mol. The molecular formula is C17H25Cl2NS. The number of rotatable bonds is 7. The molecule has 1 aromatic carbocycles. The van der Waals surface area contributed by atoms with Gasteiger partial charge >= 0.3 is 0 Å². The molecule has 1 aliphatic heterocycles. The van der Waals surface area contributed by atoms with E-state index >= 15 is 0 Å². The summed E-state index contributed by atoms with van der Waals surface area (Å²) in [6.07, 6.45) is 6.04. The van der Waals surface area contributed by atoms with Crippen LogP contribution in [-0.4, -0.2) is 24.1 Å². The van der Waals surface area contributed by atoms with Crippen molar-refractivity contribution in [2.75, 3.05) is 18.1 Å². The fraction of sp³-hybridized carbons (Fsp3) is 0.647. The molecule has 0 radical (unpaired) electrons. The van der Waals surface area contributed by atoms with Crippen LogP contribution >= 0.6 is 35.0 Å². The Bertz CT molecular complexity index is 413. The molecular weight excluding hydrogens is 321 g/mol. The average Bonchev–Trinajstić information content (AvgIpc) is 2.49. The molecule has 21 heavy (non-hydrogen) atoms. The molecule has 1 aliphatic rings. The first-order valence-electron chi connectivity index (χ1n) is 7.94. The van der Waals surface area contributed by atoms with E-state index in [0.29, 0.717) is 6.04 Å². The Morgan fingerprint density at radius 2 is 1.90 bits per heavy atom. The molecule has 1 aromatic rings. The Balaban J connectivity index is 2.01. The summed E-state index contributed by atoms with van der Waals surface area (Å²) in [5.74, 6) is 3.48. The van der Waals surface area contributed by atoms with Gasteiger partial charge in [-0.25, -0.2) is 0 Å². The maximum Gasteiger partial charge on any atom is 0.0453 e. The minimum absolute atomic E-state index is 0.482. The second-order valence-electron chi connectivity index (χ2n) is 5.85. The third-order valence-corrected chi connectivity index (χ3v) is 5.91. The number of hydrogen-bond acceptors (Lipinski definition) is 2. The molecule has 0 saturated carbocycles. The minimum Gasteiger partial charge on any atom is -0.314 e. The van der Waals surface area contributed by atoms with Gasteiger partial charge in [0.15, 0.2) is 0 Å². The number of hydrogen-bond donors (Lipinski definition) is 1. The van der Waals surface area contributed by atoms with Crippen LogP contribution < -0.4 is 5.32 Å². The second-order valence-corrected chi connectivity index (χ2v) is 7.89. The van der Waals surface area contributed by atoms with Gasteiger partial charge in [-0.05, 0) is 73.8 Å². The summed E-state index contributed by atoms with van der Waals surface area (Å²) in [4.78, 5) is 0. The summed E-state index contributed by atoms with van der Waals surface area (Å²) >= 11 is 14.8. The number of halogens is 2. The van der Waals surface area contributed by atoms with Gasteiger partial charge in [0.1, 0.15) is 0 Å². The van der Waals surface area contributed by atoms with Crippen LogP contribution in [0.3, 0.4) is 0 Å². The van der Waals surface area contributed by atoms with Crippen LogP contribution in [0, 0.1) is 5.92 Å². The second kappa shape index (κ2) is 9.29. The molecule has 1 atom stereocenters. The lowest BCUT2D eigenvalue weighted by atomic mass is 9.91. The molecule has 1 saturated heterocycles. The summed E-state index contributed by atoms with van der Waals surface area (Å²) in [6, 6.07) is 6.28. The number of thioether (sulfide) groups is 1. The highest BCUT2D eigenvalue weighted by Gasteiger charge is 2.20. The van der Waals surface area contributed by atoms with Crippen molar-refractivity contribution in [1.29, 1.82) is 0 Å². The zero-order valence-electron chi connectivity index (χ0n) is 12.7. The Morgan fingerprint density at radius 3 is 2.52 bits per heavy atom. The summed E-state index contributed by atoms with van der Waals surface area (Å²) in [7, 11) is 0. The smallest absolute Gasteiger partial charge is 0.0453 e. The van der Waals surface area contributed by atoms with Crippen molar-refractivity contribution >= 4 is 35.0 Å². The zero-order valence-corrected chi connectivity index (χ0v) is 15.0. The van der Waals surface area contributed by atoms with Crippen LogP contribution in [0.25, 0.3) is 0 Å². The summed E-state index contributed by atoms with van der Waals surface area (Å²) in [6.45, 7) is 3.28. The van der Waals surface area contributed by atoms with E-state index in [1.165, 1.54) is 30.8 Å². The largest absolute Gasteiger partial charge is 0.314 e. The Hall–Kier alpha value is 0.110. The monoisotopic (exact) mass is 345 g/mol. The molecule has 0 bridgehead atoms. The molecule has 2 rings (SSSR count). The highest BCUT2D eigenvalue weighted by atomic mass is 35.5. The molecule has 1 nitrogen and oxygen atoms in total. The Kier molecular flexibility index (Phi) is 7.73. The third-order valence-electron chi connectivity index (χ3n) is 4.15. The van der Waals surface area contributed by atoms with E-state index in [4.69, 9.17) is 23.2 Å². The van der Waals surface area contributed by atoms with Crippen molar-refractivity contribution in [2.45, 2.75) is 45.1 Å². The van der Waals surface area contributed by atoms with Gasteiger partial charge in [-0.3, -0.25) is 0 Å². The third kappa shape index (κ3) is 5.67. The summed E-state index contributed by atoms with van der Waals surface area (Å²) < 4.78 is 0. The highest BCUT2D eigenvalue weighted by molar-refractivity contribution is 7.99. The lowest BCUT2D eigenvalue weighted by molar-refractivity contribution is 0.362. The van der Waals surface area contributed by atoms with Crippen molar-refractivity contribution in [3.8, 4) is 0 Å². The SMILES string of the molecule is CCCNC(Cc1c(Cl)cccc1Cl)CC1CCSCC1. The van der Waals surface area contributed by atoms with E-state index < -0.39 is 0 Å². The van der Waals surface area contributed by atoms with Gasteiger partial charge in [0, 0.05) is 16.1 Å². The summed E-state index contributed by atoms with van der Waals surface area (Å²) in [5, 5.41) is 5.29. The predicted molar refractivity (Wildman–Crippen MR) is 96.9 cm³/mol. The predicted octanol–water partition coefficient (Wildman–Crippen LogP) is 5.44. The number of benzene rings is 1. The van der Waals surface area contributed by atoms with Crippen LogP contribution in [-0.2, 0) is 6.42 Å². The zero-order chi connectivity index (χ0) is 15.1. The lowest BCUT2D eigenvalue weighted by Crippen LogP contribution is -2.34. The van der Waals surface area contributed by atoms with Crippen LogP contribution in [0.1, 0.15) is 38.2 Å². The van der Waals surface area contributed by atoms with Gasteiger partial charge in [0.2, 0.25) is 0 Å². The van der Waals surface area contributed by atoms with Crippen LogP contribution in [0.15, 0.2) is 18.2 Å². The maximum atomic E-state index is 6.33. The van der Waals surface area contributed by atoms with E-state index in [1.54, 1.807) is 0 Å². The molecule has 1 fully saturated rings. The first kappa shape index (κ1) is 17.5. The minimum atomic E-state index is 0.482. The molecule has 1 unspecified atom stereocenters. The molecule has 118 valence electrons. The topological polar surface area (TPSA) is 12.0 Å². The van der Waals surface area contributed by atoms with Crippen molar-refractivity contribution in [2.24, 2.45) is 5.92 Å². The van der Waals surface area contributed by atoms with E-state index in [2.05, 4.69) is 24.0 Å². The fourth-order valence-electron chi connectivity index (χ4n) is 2.95. The van der Waals surface area contributed by atoms with E-state index in [9.17, 15) is 0 Å². The van der Waals surface area contributed by atoms with Gasteiger partial charge < -0.3 is 5.32 Å². The molecule has 0 aliphatic carbocycles. The van der Waals surface area contributed by atoms with E-state index in [-0.39, 0.29) is 0 Å². The van der Waals surface area contributed by atoms with Gasteiger partial charge in [-0.1, -0.05) is 36.2 Å². The molecule has 0 spiro atoms. The van der Waals surface area contributed by atoms with Gasteiger partial charge in [-0.15, -0.1) is 0 Å². The van der Waals surface area contributed by atoms with E-state index in [1.807, 2.05) is 18.2 Å². The van der Waals surface area contributed by atoms with Crippen LogP contribution in [0.5, 0.6) is 0 Å². The fourth-order valence-corrected chi connectivity index (χ4v) is 4.70. The molecule has 1 heterocycles. The molecule has 0 amide bonds. The van der Waals surface area contributed by atoms with Crippen molar-refractivity contribution < 1.29 is 0 Å². The van der Waals surface area contributed by atoms with Crippen molar-refractivity contribution in [3.05, 3.63) is 33.8 Å². The maximum absolute atomic E-state index is 6.33. The first-order valence-corrected chi connectivity index (χ1v) is 9.85. The van der Waals surface area contributed by atoms with Crippen molar-refractivity contribution in [3.63, 3.8) is 0 Å².